The molecule has 1 aliphatic heterocycles. The number of carboxylic acid groups (broad SMARTS) is 1. The summed E-state index contributed by atoms with van der Waals surface area (Å²) in [6.07, 6.45) is 2.41. The smallest absolute Gasteiger partial charge is 0.410 e. The van der Waals surface area contributed by atoms with Gasteiger partial charge in [-0.25, -0.2) is 9.59 Å². The minimum Gasteiger partial charge on any atom is -0.478 e. The zero-order valence-corrected chi connectivity index (χ0v) is 9.07. The number of ether oxygens (including phenoxy) is 1. The SMILES string of the molecule is O=C(O)C1CN(CCc2cccnc2)C(=O)O1. The van der Waals surface area contributed by atoms with E-state index < -0.39 is 18.2 Å². The van der Waals surface area contributed by atoms with Crippen molar-refractivity contribution in [2.75, 3.05) is 13.1 Å². The summed E-state index contributed by atoms with van der Waals surface area (Å²) in [6.45, 7) is 0.544. The highest BCUT2D eigenvalue weighted by Gasteiger charge is 2.35. The molecule has 0 radical (unpaired) electrons. The average molecular weight is 236 g/mol. The van der Waals surface area contributed by atoms with E-state index in [4.69, 9.17) is 9.84 Å². The zero-order valence-electron chi connectivity index (χ0n) is 9.07. The van der Waals surface area contributed by atoms with E-state index in [-0.39, 0.29) is 6.54 Å². The van der Waals surface area contributed by atoms with Crippen LogP contribution in [0.15, 0.2) is 24.5 Å². The number of pyridine rings is 1. The van der Waals surface area contributed by atoms with Gasteiger partial charge in [0, 0.05) is 18.9 Å². The molecular formula is C11H12N2O4. The first kappa shape index (κ1) is 11.4. The van der Waals surface area contributed by atoms with Gasteiger partial charge in [0.1, 0.15) is 0 Å². The van der Waals surface area contributed by atoms with Crippen LogP contribution in [-0.2, 0) is 16.0 Å². The van der Waals surface area contributed by atoms with Crippen molar-refractivity contribution in [3.63, 3.8) is 0 Å². The fraction of sp³-hybridized carbons (Fsp3) is 0.364. The summed E-state index contributed by atoms with van der Waals surface area (Å²) in [7, 11) is 0. The fourth-order valence-corrected chi connectivity index (χ4v) is 1.63. The van der Waals surface area contributed by atoms with E-state index in [9.17, 15) is 9.59 Å². The molecular weight excluding hydrogens is 224 g/mol. The molecule has 0 saturated carbocycles. The summed E-state index contributed by atoms with van der Waals surface area (Å²) in [4.78, 5) is 27.3. The van der Waals surface area contributed by atoms with E-state index in [0.29, 0.717) is 13.0 Å². The Kier molecular flexibility index (Phi) is 3.22. The molecule has 1 amide bonds. The first-order valence-corrected chi connectivity index (χ1v) is 5.24. The standard InChI is InChI=1S/C11H12N2O4/c14-10(15)9-7-13(11(16)17-9)5-3-8-2-1-4-12-6-8/h1-2,4,6,9H,3,5,7H2,(H,14,15). The largest absolute Gasteiger partial charge is 0.478 e. The molecule has 1 aromatic heterocycles. The third-order valence-electron chi connectivity index (χ3n) is 2.56. The molecule has 2 rings (SSSR count). The van der Waals surface area contributed by atoms with Crippen LogP contribution in [0.25, 0.3) is 0 Å². The Hall–Kier alpha value is -2.11. The fourth-order valence-electron chi connectivity index (χ4n) is 1.63. The lowest BCUT2D eigenvalue weighted by atomic mass is 10.2. The van der Waals surface area contributed by atoms with Gasteiger partial charge in [-0.2, -0.15) is 0 Å². The predicted octanol–water partition coefficient (Wildman–Crippen LogP) is 0.529. The van der Waals surface area contributed by atoms with E-state index >= 15 is 0 Å². The number of carboxylic acids is 1. The van der Waals surface area contributed by atoms with E-state index in [2.05, 4.69) is 4.98 Å². The number of cyclic esters (lactones) is 1. The molecule has 0 spiro atoms. The molecule has 6 nitrogen and oxygen atoms in total. The van der Waals surface area contributed by atoms with Crippen LogP contribution in [-0.4, -0.2) is 46.2 Å². The number of rotatable bonds is 4. The number of carbonyl (C=O) groups excluding carboxylic acids is 1. The van der Waals surface area contributed by atoms with Crippen molar-refractivity contribution in [2.45, 2.75) is 12.5 Å². The van der Waals surface area contributed by atoms with Crippen molar-refractivity contribution in [3.05, 3.63) is 30.1 Å². The van der Waals surface area contributed by atoms with Gasteiger partial charge < -0.3 is 14.7 Å². The monoisotopic (exact) mass is 236 g/mol. The van der Waals surface area contributed by atoms with Crippen LogP contribution >= 0.6 is 0 Å². The van der Waals surface area contributed by atoms with Crippen LogP contribution < -0.4 is 0 Å². The topological polar surface area (TPSA) is 79.7 Å². The van der Waals surface area contributed by atoms with Crippen LogP contribution in [0.1, 0.15) is 5.56 Å². The second-order valence-electron chi connectivity index (χ2n) is 3.77. The molecule has 1 saturated heterocycles. The van der Waals surface area contributed by atoms with Gasteiger partial charge in [0.15, 0.2) is 0 Å². The van der Waals surface area contributed by atoms with Crippen molar-refractivity contribution in [1.29, 1.82) is 0 Å². The zero-order chi connectivity index (χ0) is 12.3. The quantitative estimate of drug-likeness (QED) is 0.824. The number of aliphatic carboxylic acids is 1. The number of nitrogens with zero attached hydrogens (tertiary/aromatic N) is 2. The Labute approximate surface area is 97.8 Å². The molecule has 90 valence electrons. The summed E-state index contributed by atoms with van der Waals surface area (Å²) in [5, 5.41) is 8.72. The summed E-state index contributed by atoms with van der Waals surface area (Å²) < 4.78 is 4.70. The summed E-state index contributed by atoms with van der Waals surface area (Å²) in [6, 6.07) is 3.72. The Bertz CT molecular complexity index is 421. The highest BCUT2D eigenvalue weighted by Crippen LogP contribution is 2.12. The van der Waals surface area contributed by atoms with Crippen LogP contribution in [0.5, 0.6) is 0 Å². The van der Waals surface area contributed by atoms with E-state index in [0.717, 1.165) is 5.56 Å². The minimum atomic E-state index is -1.11. The molecule has 1 unspecified atom stereocenters. The van der Waals surface area contributed by atoms with Crippen molar-refractivity contribution < 1.29 is 19.4 Å². The lowest BCUT2D eigenvalue weighted by molar-refractivity contribution is -0.144. The Morgan fingerprint density at radius 3 is 3.06 bits per heavy atom. The summed E-state index contributed by atoms with van der Waals surface area (Å²) in [5.41, 5.74) is 0.999. The lowest BCUT2D eigenvalue weighted by Crippen LogP contribution is -2.29. The van der Waals surface area contributed by atoms with Crippen LogP contribution in [0.2, 0.25) is 0 Å². The van der Waals surface area contributed by atoms with Gasteiger partial charge in [0.25, 0.3) is 0 Å². The number of hydrogen-bond donors (Lipinski definition) is 1. The Morgan fingerprint density at radius 2 is 2.47 bits per heavy atom. The van der Waals surface area contributed by atoms with Crippen molar-refractivity contribution in [2.24, 2.45) is 0 Å². The molecule has 1 fully saturated rings. The number of aromatic nitrogens is 1. The Morgan fingerprint density at radius 1 is 1.65 bits per heavy atom. The van der Waals surface area contributed by atoms with Gasteiger partial charge in [0.2, 0.25) is 6.10 Å². The number of hydrogen-bond acceptors (Lipinski definition) is 4. The third-order valence-corrected chi connectivity index (χ3v) is 2.56. The minimum absolute atomic E-state index is 0.106. The molecule has 6 heteroatoms. The van der Waals surface area contributed by atoms with Crippen LogP contribution in [0, 0.1) is 0 Å². The van der Waals surface area contributed by atoms with Crippen molar-refractivity contribution in [3.8, 4) is 0 Å². The first-order chi connectivity index (χ1) is 8.16. The van der Waals surface area contributed by atoms with Gasteiger partial charge in [-0.15, -0.1) is 0 Å². The van der Waals surface area contributed by atoms with Gasteiger partial charge in [-0.05, 0) is 18.1 Å². The third kappa shape index (κ3) is 2.72. The molecule has 0 aromatic carbocycles. The summed E-state index contributed by atoms with van der Waals surface area (Å²) in [5.74, 6) is -1.11. The Balaban J connectivity index is 1.88. The number of carbonyl (C=O) groups is 2. The molecule has 0 bridgehead atoms. The molecule has 1 aliphatic rings. The molecule has 1 N–H and O–H groups in total. The maximum Gasteiger partial charge on any atom is 0.410 e. The maximum absolute atomic E-state index is 11.3. The van der Waals surface area contributed by atoms with Crippen molar-refractivity contribution in [1.82, 2.24) is 9.88 Å². The molecule has 1 aromatic rings. The molecule has 2 heterocycles. The van der Waals surface area contributed by atoms with Gasteiger partial charge in [-0.3, -0.25) is 4.98 Å². The van der Waals surface area contributed by atoms with E-state index in [1.807, 2.05) is 12.1 Å². The maximum atomic E-state index is 11.3. The van der Waals surface area contributed by atoms with Crippen molar-refractivity contribution >= 4 is 12.1 Å². The highest BCUT2D eigenvalue weighted by atomic mass is 16.6. The lowest BCUT2D eigenvalue weighted by Gasteiger charge is -2.11. The van der Waals surface area contributed by atoms with Gasteiger partial charge >= 0.3 is 12.1 Å². The van der Waals surface area contributed by atoms with E-state index in [1.165, 1.54) is 4.90 Å². The summed E-state index contributed by atoms with van der Waals surface area (Å²) >= 11 is 0. The molecule has 17 heavy (non-hydrogen) atoms. The normalized spacial score (nSPS) is 19.2. The molecule has 0 aliphatic carbocycles. The second-order valence-corrected chi connectivity index (χ2v) is 3.77. The first-order valence-electron chi connectivity index (χ1n) is 5.24. The average Bonchev–Trinajstić information content (AvgIpc) is 2.70. The van der Waals surface area contributed by atoms with Gasteiger partial charge in [-0.1, -0.05) is 6.07 Å². The van der Waals surface area contributed by atoms with Crippen LogP contribution in [0.4, 0.5) is 4.79 Å². The van der Waals surface area contributed by atoms with E-state index in [1.54, 1.807) is 12.4 Å². The predicted molar refractivity (Wildman–Crippen MR) is 57.4 cm³/mol. The number of amides is 1. The molecule has 1 atom stereocenters. The van der Waals surface area contributed by atoms with Crippen LogP contribution in [0.3, 0.4) is 0 Å². The second kappa shape index (κ2) is 4.82. The highest BCUT2D eigenvalue weighted by molar-refractivity contribution is 5.81. The van der Waals surface area contributed by atoms with Gasteiger partial charge in [0.05, 0.1) is 6.54 Å².